The number of benzene rings is 1. The Labute approximate surface area is 152 Å². The van der Waals surface area contributed by atoms with E-state index in [0.29, 0.717) is 29.2 Å². The first-order valence-corrected chi connectivity index (χ1v) is 8.67. The molecule has 1 aromatic heterocycles. The van der Waals surface area contributed by atoms with Crippen molar-refractivity contribution in [2.24, 2.45) is 0 Å². The first-order chi connectivity index (χ1) is 12.6. The first kappa shape index (κ1) is 18.1. The molecule has 7 nitrogen and oxygen atoms in total. The van der Waals surface area contributed by atoms with Crippen molar-refractivity contribution < 1.29 is 19.1 Å². The highest BCUT2D eigenvalue weighted by atomic mass is 16.5. The summed E-state index contributed by atoms with van der Waals surface area (Å²) in [6.45, 7) is 3.06. The minimum atomic E-state index is -0.104. The van der Waals surface area contributed by atoms with Crippen LogP contribution in [0.4, 0.5) is 0 Å². The average Bonchev–Trinajstić information content (AvgIpc) is 3.15. The van der Waals surface area contributed by atoms with Crippen LogP contribution in [0, 0.1) is 0 Å². The largest absolute Gasteiger partial charge is 0.487 e. The monoisotopic (exact) mass is 357 g/mol. The molecule has 1 aliphatic heterocycles. The molecule has 1 atom stereocenters. The summed E-state index contributed by atoms with van der Waals surface area (Å²) in [6, 6.07) is 8.70. The highest BCUT2D eigenvalue weighted by Crippen LogP contribution is 2.17. The third-order valence-electron chi connectivity index (χ3n) is 4.48. The highest BCUT2D eigenvalue weighted by Gasteiger charge is 2.25. The van der Waals surface area contributed by atoms with E-state index < -0.39 is 0 Å². The Kier molecular flexibility index (Phi) is 5.68. The number of aromatic amines is 1. The number of hydrogen-bond acceptors (Lipinski definition) is 5. The van der Waals surface area contributed by atoms with E-state index in [1.165, 1.54) is 6.92 Å². The summed E-state index contributed by atoms with van der Waals surface area (Å²) in [5.74, 6) is 0.479. The number of ketones is 1. The van der Waals surface area contributed by atoms with Crippen molar-refractivity contribution in [3.8, 4) is 5.75 Å². The van der Waals surface area contributed by atoms with E-state index in [1.54, 1.807) is 42.3 Å². The van der Waals surface area contributed by atoms with Gasteiger partial charge in [0.2, 0.25) is 0 Å². The second-order valence-electron chi connectivity index (χ2n) is 6.40. The molecule has 0 radical (unpaired) electrons. The second kappa shape index (κ2) is 8.14. The van der Waals surface area contributed by atoms with Crippen molar-refractivity contribution in [2.75, 3.05) is 20.2 Å². The van der Waals surface area contributed by atoms with E-state index >= 15 is 0 Å². The topological polar surface area (TPSA) is 84.5 Å². The molecule has 1 amide bonds. The van der Waals surface area contributed by atoms with E-state index in [0.717, 1.165) is 19.4 Å². The molecule has 3 rings (SSSR count). The summed E-state index contributed by atoms with van der Waals surface area (Å²) in [7, 11) is 1.67. The van der Waals surface area contributed by atoms with Gasteiger partial charge in [0.05, 0.1) is 11.8 Å². The molecule has 2 aromatic rings. The Bertz CT molecular complexity index is 787. The Morgan fingerprint density at radius 2 is 2.19 bits per heavy atom. The molecule has 0 saturated carbocycles. The molecule has 1 aromatic carbocycles. The van der Waals surface area contributed by atoms with Crippen LogP contribution in [0.1, 0.15) is 46.3 Å². The highest BCUT2D eigenvalue weighted by molar-refractivity contribution is 5.94. The van der Waals surface area contributed by atoms with Crippen LogP contribution in [0.3, 0.4) is 0 Å². The fourth-order valence-electron chi connectivity index (χ4n) is 2.99. The number of nitrogens with zero attached hydrogens (tertiary/aromatic N) is 2. The summed E-state index contributed by atoms with van der Waals surface area (Å²) in [5.41, 5.74) is 1.67. The molecule has 138 valence electrons. The SMILES string of the molecule is CO[C@@H]1CCCN(C(=O)c2cc(COc3cccc(C(C)=O)c3)[nH]n2)C1. The van der Waals surface area contributed by atoms with Crippen LogP contribution in [0.25, 0.3) is 0 Å². The van der Waals surface area contributed by atoms with Gasteiger partial charge in [0.15, 0.2) is 11.5 Å². The molecular formula is C19H23N3O4. The normalized spacial score (nSPS) is 17.2. The summed E-state index contributed by atoms with van der Waals surface area (Å²) in [6.07, 6.45) is 1.99. The van der Waals surface area contributed by atoms with Gasteiger partial charge in [-0.25, -0.2) is 0 Å². The van der Waals surface area contributed by atoms with Gasteiger partial charge in [-0.1, -0.05) is 12.1 Å². The lowest BCUT2D eigenvalue weighted by atomic mass is 10.1. The number of carbonyl (C=O) groups is 2. The Balaban J connectivity index is 1.60. The van der Waals surface area contributed by atoms with E-state index in [1.807, 2.05) is 0 Å². The molecule has 1 saturated heterocycles. The number of carbonyl (C=O) groups excluding carboxylic acids is 2. The van der Waals surface area contributed by atoms with Gasteiger partial charge in [-0.3, -0.25) is 14.7 Å². The van der Waals surface area contributed by atoms with E-state index in [2.05, 4.69) is 10.2 Å². The van der Waals surface area contributed by atoms with Gasteiger partial charge in [-0.15, -0.1) is 0 Å². The van der Waals surface area contributed by atoms with Gasteiger partial charge in [0.25, 0.3) is 5.91 Å². The number of H-pyrrole nitrogens is 1. The van der Waals surface area contributed by atoms with Gasteiger partial charge < -0.3 is 14.4 Å². The molecule has 26 heavy (non-hydrogen) atoms. The van der Waals surface area contributed by atoms with Gasteiger partial charge in [-0.2, -0.15) is 5.10 Å². The molecular weight excluding hydrogens is 334 g/mol. The van der Waals surface area contributed by atoms with Crippen molar-refractivity contribution in [2.45, 2.75) is 32.5 Å². The minimum absolute atomic E-state index is 0.0132. The number of nitrogens with one attached hydrogen (secondary N) is 1. The fraction of sp³-hybridized carbons (Fsp3) is 0.421. The number of Topliss-reactive ketones (excluding diaryl/α,β-unsaturated/α-hetero) is 1. The lowest BCUT2D eigenvalue weighted by Gasteiger charge is -2.31. The van der Waals surface area contributed by atoms with Gasteiger partial charge in [-0.05, 0) is 38.0 Å². The zero-order chi connectivity index (χ0) is 18.5. The maximum absolute atomic E-state index is 12.6. The molecule has 1 N–H and O–H groups in total. The summed E-state index contributed by atoms with van der Waals surface area (Å²) >= 11 is 0. The smallest absolute Gasteiger partial charge is 0.274 e. The van der Waals surface area contributed by atoms with E-state index in [9.17, 15) is 9.59 Å². The molecule has 0 bridgehead atoms. The zero-order valence-electron chi connectivity index (χ0n) is 15.0. The van der Waals surface area contributed by atoms with Crippen LogP contribution in [-0.4, -0.2) is 53.1 Å². The maximum Gasteiger partial charge on any atom is 0.274 e. The lowest BCUT2D eigenvalue weighted by Crippen LogP contribution is -2.43. The summed E-state index contributed by atoms with van der Waals surface area (Å²) in [5, 5.41) is 6.95. The predicted molar refractivity (Wildman–Crippen MR) is 95.3 cm³/mol. The molecule has 1 aliphatic rings. The van der Waals surface area contributed by atoms with Crippen LogP contribution >= 0.6 is 0 Å². The third kappa shape index (κ3) is 4.29. The number of amides is 1. The number of rotatable bonds is 6. The van der Waals surface area contributed by atoms with Crippen LogP contribution in [0.2, 0.25) is 0 Å². The van der Waals surface area contributed by atoms with Crippen LogP contribution in [0.15, 0.2) is 30.3 Å². The minimum Gasteiger partial charge on any atom is -0.487 e. The van der Waals surface area contributed by atoms with Crippen LogP contribution < -0.4 is 4.74 Å². The number of likely N-dealkylation sites (tertiary alicyclic amines) is 1. The number of hydrogen-bond donors (Lipinski definition) is 1. The third-order valence-corrected chi connectivity index (χ3v) is 4.48. The molecule has 7 heteroatoms. The van der Waals surface area contributed by atoms with Gasteiger partial charge in [0, 0.05) is 25.8 Å². The molecule has 0 aliphatic carbocycles. The number of aromatic nitrogens is 2. The number of piperidine rings is 1. The molecule has 0 spiro atoms. The maximum atomic E-state index is 12.6. The van der Waals surface area contributed by atoms with Crippen molar-refractivity contribution in [1.82, 2.24) is 15.1 Å². The second-order valence-corrected chi connectivity index (χ2v) is 6.40. The predicted octanol–water partition coefficient (Wildman–Crippen LogP) is 2.44. The lowest BCUT2D eigenvalue weighted by molar-refractivity contribution is 0.0265. The first-order valence-electron chi connectivity index (χ1n) is 8.67. The number of methoxy groups -OCH3 is 1. The van der Waals surface area contributed by atoms with Crippen molar-refractivity contribution >= 4 is 11.7 Å². The molecule has 2 heterocycles. The Morgan fingerprint density at radius 3 is 2.96 bits per heavy atom. The standard InChI is InChI=1S/C19H23N3O4/c1-13(23)14-5-3-6-16(9-14)26-12-15-10-18(21-20-15)19(24)22-8-4-7-17(11-22)25-2/h3,5-6,9-10,17H,4,7-8,11-12H2,1-2H3,(H,20,21)/t17-/m1/s1. The van der Waals surface area contributed by atoms with Crippen LogP contribution in [0.5, 0.6) is 5.75 Å². The molecule has 1 fully saturated rings. The fourth-order valence-corrected chi connectivity index (χ4v) is 2.99. The average molecular weight is 357 g/mol. The molecule has 0 unspecified atom stereocenters. The van der Waals surface area contributed by atoms with Crippen molar-refractivity contribution in [1.29, 1.82) is 0 Å². The van der Waals surface area contributed by atoms with Crippen molar-refractivity contribution in [3.63, 3.8) is 0 Å². The summed E-state index contributed by atoms with van der Waals surface area (Å²) in [4.78, 5) is 25.8. The van der Waals surface area contributed by atoms with E-state index in [4.69, 9.17) is 9.47 Å². The summed E-state index contributed by atoms with van der Waals surface area (Å²) < 4.78 is 11.0. The Morgan fingerprint density at radius 1 is 1.35 bits per heavy atom. The van der Waals surface area contributed by atoms with E-state index in [-0.39, 0.29) is 24.4 Å². The van der Waals surface area contributed by atoms with Gasteiger partial charge in [0.1, 0.15) is 12.4 Å². The Hall–Kier alpha value is -2.67. The van der Waals surface area contributed by atoms with Crippen molar-refractivity contribution in [3.05, 3.63) is 47.3 Å². The quantitative estimate of drug-likeness (QED) is 0.803. The zero-order valence-corrected chi connectivity index (χ0v) is 15.0. The number of ether oxygens (including phenoxy) is 2. The van der Waals surface area contributed by atoms with Gasteiger partial charge >= 0.3 is 0 Å². The van der Waals surface area contributed by atoms with Crippen LogP contribution in [-0.2, 0) is 11.3 Å².